The lowest BCUT2D eigenvalue weighted by Gasteiger charge is -2.31. The van der Waals surface area contributed by atoms with Crippen LogP contribution in [0, 0.1) is 0 Å². The molecule has 0 spiro atoms. The van der Waals surface area contributed by atoms with Crippen molar-refractivity contribution in [1.29, 1.82) is 0 Å². The zero-order valence-electron chi connectivity index (χ0n) is 37.5. The highest BCUT2D eigenvalue weighted by atomic mass is 15.1. The van der Waals surface area contributed by atoms with Crippen molar-refractivity contribution >= 4 is 17.1 Å². The quantitative estimate of drug-likeness (QED) is 0.161. The zero-order valence-corrected chi connectivity index (χ0v) is 37.5. The fraction of sp³-hybridized carbons (Fsp3) is 0.143. The molecule has 0 amide bonds. The van der Waals surface area contributed by atoms with Gasteiger partial charge in [0.1, 0.15) is 0 Å². The fourth-order valence-electron chi connectivity index (χ4n) is 11.6. The molecule has 0 N–H and O–H groups in total. The minimum absolute atomic E-state index is 0.121. The molecule has 0 radical (unpaired) electrons. The molecule has 0 fully saturated rings. The first-order chi connectivity index (χ1) is 31.0. The Hall–Kier alpha value is -7.22. The van der Waals surface area contributed by atoms with Crippen LogP contribution in [0.5, 0.6) is 0 Å². The zero-order chi connectivity index (χ0) is 43.5. The molecule has 0 atom stereocenters. The molecule has 1 nitrogen and oxygen atoms in total. The predicted molar refractivity (Wildman–Crippen MR) is 270 cm³/mol. The molecule has 0 aliphatic heterocycles. The molecular weight excluding hydrogens is 771 g/mol. The number of rotatable bonds is 6. The van der Waals surface area contributed by atoms with E-state index in [1.165, 1.54) is 100 Å². The third-order valence-electron chi connectivity index (χ3n) is 15.1. The summed E-state index contributed by atoms with van der Waals surface area (Å²) in [4.78, 5) is 2.51. The normalized spacial score (nSPS) is 15.1. The van der Waals surface area contributed by atoms with Crippen molar-refractivity contribution in [2.24, 2.45) is 0 Å². The summed E-state index contributed by atoms with van der Waals surface area (Å²) in [5.41, 5.74) is 26.8. The van der Waals surface area contributed by atoms with Crippen molar-refractivity contribution in [2.75, 3.05) is 4.90 Å². The van der Waals surface area contributed by atoms with Crippen molar-refractivity contribution in [3.63, 3.8) is 0 Å². The van der Waals surface area contributed by atoms with Crippen LogP contribution in [0.2, 0.25) is 0 Å². The van der Waals surface area contributed by atoms with Crippen LogP contribution in [-0.2, 0) is 16.2 Å². The molecule has 0 aromatic heterocycles. The van der Waals surface area contributed by atoms with Crippen molar-refractivity contribution in [2.45, 2.75) is 57.8 Å². The molecule has 9 aromatic rings. The monoisotopic (exact) mass is 821 g/mol. The van der Waals surface area contributed by atoms with Crippen molar-refractivity contribution in [3.05, 3.63) is 234 Å². The van der Waals surface area contributed by atoms with Gasteiger partial charge in [0.15, 0.2) is 0 Å². The molecule has 3 aliphatic rings. The van der Waals surface area contributed by atoms with Gasteiger partial charge >= 0.3 is 0 Å². The Bertz CT molecular complexity index is 3330. The molecule has 0 unspecified atom stereocenters. The SMILES string of the molecule is CC1(C)c2ccccc2-c2ccc(N(c3ccc4c(c3)C(C)(C)c3cc5c(cc3-4)C(C)(C)c3cc(-c4ccccc4)cc(-c4ccccc4)c3-5)c3ccccc3-c3ccccc3)cc21. The number of nitrogens with zero attached hydrogens (tertiary/aromatic N) is 1. The second-order valence-corrected chi connectivity index (χ2v) is 19.7. The molecule has 9 aromatic carbocycles. The average molecular weight is 822 g/mol. The Morgan fingerprint density at radius 3 is 1.34 bits per heavy atom. The van der Waals surface area contributed by atoms with Gasteiger partial charge in [-0.1, -0.05) is 187 Å². The maximum absolute atomic E-state index is 2.56. The lowest BCUT2D eigenvalue weighted by molar-refractivity contribution is 0.652. The Morgan fingerprint density at radius 2 is 0.703 bits per heavy atom. The third-order valence-corrected chi connectivity index (χ3v) is 15.1. The van der Waals surface area contributed by atoms with E-state index >= 15 is 0 Å². The maximum Gasteiger partial charge on any atom is 0.0540 e. The van der Waals surface area contributed by atoms with Crippen molar-refractivity contribution in [3.8, 4) is 66.8 Å². The fourth-order valence-corrected chi connectivity index (χ4v) is 11.6. The molecule has 12 rings (SSSR count). The minimum Gasteiger partial charge on any atom is -0.310 e. The molecule has 0 saturated heterocycles. The molecular formula is C63H51N. The summed E-state index contributed by atoms with van der Waals surface area (Å²) in [7, 11) is 0. The number of hydrogen-bond acceptors (Lipinski definition) is 1. The van der Waals surface area contributed by atoms with Crippen molar-refractivity contribution in [1.82, 2.24) is 0 Å². The summed E-state index contributed by atoms with van der Waals surface area (Å²) >= 11 is 0. The van der Waals surface area contributed by atoms with Gasteiger partial charge in [-0.15, -0.1) is 0 Å². The smallest absolute Gasteiger partial charge is 0.0540 e. The summed E-state index contributed by atoms with van der Waals surface area (Å²) in [5.74, 6) is 0. The lowest BCUT2D eigenvalue weighted by atomic mass is 9.79. The van der Waals surface area contributed by atoms with E-state index < -0.39 is 0 Å². The average Bonchev–Trinajstić information content (AvgIpc) is 3.80. The van der Waals surface area contributed by atoms with E-state index in [1.807, 2.05) is 0 Å². The number of benzene rings is 9. The van der Waals surface area contributed by atoms with E-state index in [-0.39, 0.29) is 16.2 Å². The van der Waals surface area contributed by atoms with Crippen LogP contribution in [-0.4, -0.2) is 0 Å². The van der Waals surface area contributed by atoms with Gasteiger partial charge in [0.2, 0.25) is 0 Å². The Balaban J connectivity index is 1.03. The molecule has 64 heavy (non-hydrogen) atoms. The van der Waals surface area contributed by atoms with Gasteiger partial charge in [0.05, 0.1) is 5.69 Å². The van der Waals surface area contributed by atoms with Crippen LogP contribution >= 0.6 is 0 Å². The van der Waals surface area contributed by atoms with Crippen molar-refractivity contribution < 1.29 is 0 Å². The summed E-state index contributed by atoms with van der Waals surface area (Å²) in [6.07, 6.45) is 0. The molecule has 0 heterocycles. The van der Waals surface area contributed by atoms with Crippen LogP contribution in [0.25, 0.3) is 66.8 Å². The summed E-state index contributed by atoms with van der Waals surface area (Å²) < 4.78 is 0. The molecule has 3 aliphatic carbocycles. The van der Waals surface area contributed by atoms with Gasteiger partial charge in [-0.05, 0) is 149 Å². The van der Waals surface area contributed by atoms with E-state index in [0.717, 1.165) is 17.1 Å². The molecule has 308 valence electrons. The van der Waals surface area contributed by atoms with Crippen LogP contribution in [0.4, 0.5) is 17.1 Å². The Kier molecular flexibility index (Phi) is 8.35. The number of hydrogen-bond donors (Lipinski definition) is 0. The predicted octanol–water partition coefficient (Wildman–Crippen LogP) is 17.1. The van der Waals surface area contributed by atoms with E-state index in [2.05, 4.69) is 247 Å². The first-order valence-corrected chi connectivity index (χ1v) is 22.8. The summed E-state index contributed by atoms with van der Waals surface area (Å²) in [6.45, 7) is 14.5. The third kappa shape index (κ3) is 5.56. The van der Waals surface area contributed by atoms with Gasteiger partial charge in [-0.2, -0.15) is 0 Å². The number of para-hydroxylation sites is 1. The largest absolute Gasteiger partial charge is 0.310 e. The van der Waals surface area contributed by atoms with Gasteiger partial charge < -0.3 is 4.90 Å². The summed E-state index contributed by atoms with van der Waals surface area (Å²) in [6, 6.07) is 75.0. The summed E-state index contributed by atoms with van der Waals surface area (Å²) in [5, 5.41) is 0. The second kappa shape index (κ2) is 13.9. The topological polar surface area (TPSA) is 3.24 Å². The highest BCUT2D eigenvalue weighted by Gasteiger charge is 2.43. The van der Waals surface area contributed by atoms with Gasteiger partial charge in [0, 0.05) is 33.2 Å². The van der Waals surface area contributed by atoms with E-state index in [0.29, 0.717) is 0 Å². The van der Waals surface area contributed by atoms with Gasteiger partial charge in [0.25, 0.3) is 0 Å². The van der Waals surface area contributed by atoms with Crippen LogP contribution in [0.3, 0.4) is 0 Å². The van der Waals surface area contributed by atoms with Gasteiger partial charge in [-0.3, -0.25) is 0 Å². The van der Waals surface area contributed by atoms with E-state index in [1.54, 1.807) is 0 Å². The molecule has 0 bridgehead atoms. The second-order valence-electron chi connectivity index (χ2n) is 19.7. The Labute approximate surface area is 378 Å². The highest BCUT2D eigenvalue weighted by molar-refractivity contribution is 5.99. The molecule has 0 saturated carbocycles. The van der Waals surface area contributed by atoms with Crippen LogP contribution < -0.4 is 4.90 Å². The first-order valence-electron chi connectivity index (χ1n) is 22.8. The standard InChI is InChI=1S/C63H51N/c1-61(2)53-28-18-16-27-47(53)48-32-30-44(36-54(48)61)64(59-29-19-17-26-46(59)41-22-12-8-13-23-41)45-31-33-49-51-38-57-52(39-56(51)62(3,4)55(49)37-45)60-50(42-24-14-9-15-25-42)34-43(35-58(60)63(57,5)6)40-20-10-7-11-21-40/h7-39H,1-6H3. The minimum atomic E-state index is -0.244. The van der Waals surface area contributed by atoms with Gasteiger partial charge in [-0.25, -0.2) is 0 Å². The molecule has 1 heteroatoms. The number of anilines is 3. The highest BCUT2D eigenvalue weighted by Crippen LogP contribution is 2.59. The van der Waals surface area contributed by atoms with Crippen LogP contribution in [0.15, 0.2) is 200 Å². The van der Waals surface area contributed by atoms with E-state index in [4.69, 9.17) is 0 Å². The number of fused-ring (bicyclic) bond motifs is 9. The first kappa shape index (κ1) is 38.5. The maximum atomic E-state index is 2.56. The Morgan fingerprint density at radius 1 is 0.266 bits per heavy atom. The van der Waals surface area contributed by atoms with E-state index in [9.17, 15) is 0 Å². The van der Waals surface area contributed by atoms with Crippen LogP contribution in [0.1, 0.15) is 74.9 Å². The lowest BCUT2D eigenvalue weighted by Crippen LogP contribution is -2.18.